The average molecular weight is 367 g/mol. The van der Waals surface area contributed by atoms with E-state index in [1.54, 1.807) is 11.3 Å². The van der Waals surface area contributed by atoms with Crippen LogP contribution in [0.1, 0.15) is 15.4 Å². The summed E-state index contributed by atoms with van der Waals surface area (Å²) >= 11 is 1.62. The van der Waals surface area contributed by atoms with Crippen molar-refractivity contribution < 1.29 is 13.2 Å². The van der Waals surface area contributed by atoms with E-state index in [9.17, 15) is 13.2 Å². The summed E-state index contributed by atoms with van der Waals surface area (Å²) in [5.41, 5.74) is 1.53. The second-order valence-electron chi connectivity index (χ2n) is 6.18. The van der Waals surface area contributed by atoms with Crippen LogP contribution in [0.25, 0.3) is 10.2 Å². The Bertz CT molecular complexity index is 853. The molecule has 1 amide bonds. The molecule has 0 N–H and O–H groups in total. The number of carbonyl (C=O) groups is 1. The summed E-state index contributed by atoms with van der Waals surface area (Å²) in [5, 5.41) is 0.995. The lowest BCUT2D eigenvalue weighted by atomic mass is 10.1. The van der Waals surface area contributed by atoms with Gasteiger partial charge in [-0.15, -0.1) is 11.3 Å². The van der Waals surface area contributed by atoms with Gasteiger partial charge >= 0.3 is 0 Å². The molecule has 1 aromatic carbocycles. The number of hydrogen-bond donors (Lipinski definition) is 0. The summed E-state index contributed by atoms with van der Waals surface area (Å²) in [6.45, 7) is 5.15. The molecule has 0 saturated carbocycles. The van der Waals surface area contributed by atoms with E-state index in [-0.39, 0.29) is 11.7 Å². The second-order valence-corrected chi connectivity index (χ2v) is 9.67. The fourth-order valence-corrected chi connectivity index (χ4v) is 4.23. The molecular weight excluding hydrogens is 346 g/mol. The molecule has 0 aliphatic carbocycles. The monoisotopic (exact) mass is 367 g/mol. The lowest BCUT2D eigenvalue weighted by Gasteiger charge is -2.34. The Morgan fingerprint density at radius 2 is 1.96 bits per heavy atom. The van der Waals surface area contributed by atoms with Gasteiger partial charge in [0.2, 0.25) is 0 Å². The Morgan fingerprint density at radius 1 is 1.25 bits per heavy atom. The van der Waals surface area contributed by atoms with Crippen molar-refractivity contribution >= 4 is 37.3 Å². The maximum Gasteiger partial charge on any atom is 0.254 e. The summed E-state index contributed by atoms with van der Waals surface area (Å²) in [4.78, 5) is 21.0. The van der Waals surface area contributed by atoms with Gasteiger partial charge in [-0.25, -0.2) is 13.4 Å². The van der Waals surface area contributed by atoms with E-state index in [1.807, 2.05) is 30.0 Å². The molecule has 2 aromatic rings. The summed E-state index contributed by atoms with van der Waals surface area (Å²) in [5.74, 6) is 0.186. The first-order chi connectivity index (χ1) is 11.3. The number of carbonyl (C=O) groups excluding carboxylic acids is 1. The highest BCUT2D eigenvalue weighted by Gasteiger charge is 2.23. The van der Waals surface area contributed by atoms with Crippen LogP contribution in [0, 0.1) is 6.92 Å². The van der Waals surface area contributed by atoms with Crippen molar-refractivity contribution in [3.63, 3.8) is 0 Å². The molecule has 8 heteroatoms. The molecule has 1 aliphatic heterocycles. The van der Waals surface area contributed by atoms with E-state index in [0.29, 0.717) is 38.3 Å². The van der Waals surface area contributed by atoms with Gasteiger partial charge in [0, 0.05) is 44.5 Å². The fraction of sp³-hybridized carbons (Fsp3) is 0.500. The van der Waals surface area contributed by atoms with Crippen molar-refractivity contribution in [3.05, 3.63) is 28.8 Å². The number of aromatic nitrogens is 1. The van der Waals surface area contributed by atoms with Crippen LogP contribution in [0.3, 0.4) is 0 Å². The molecule has 6 nitrogen and oxygen atoms in total. The molecule has 24 heavy (non-hydrogen) atoms. The standard InChI is InChI=1S/C16H21N3O3S2/c1-12-17-14-11-13(3-4-15(14)23-12)16(20)19-7-5-18(6-8-19)9-10-24(2,21)22/h3-4,11H,5-10H2,1-2H3. The van der Waals surface area contributed by atoms with Crippen LogP contribution in [0.2, 0.25) is 0 Å². The van der Waals surface area contributed by atoms with E-state index in [2.05, 4.69) is 9.88 Å². The Balaban J connectivity index is 1.61. The molecule has 3 rings (SSSR count). The molecule has 1 saturated heterocycles. The Labute approximate surface area is 146 Å². The highest BCUT2D eigenvalue weighted by atomic mass is 32.2. The predicted octanol–water partition coefficient (Wildman–Crippen LogP) is 1.41. The normalized spacial score (nSPS) is 16.7. The zero-order chi connectivity index (χ0) is 17.3. The smallest absolute Gasteiger partial charge is 0.254 e. The van der Waals surface area contributed by atoms with Crippen LogP contribution in [-0.4, -0.2) is 73.8 Å². The van der Waals surface area contributed by atoms with Gasteiger partial charge in [-0.05, 0) is 25.1 Å². The van der Waals surface area contributed by atoms with Crippen molar-refractivity contribution in [2.45, 2.75) is 6.92 Å². The van der Waals surface area contributed by atoms with E-state index in [1.165, 1.54) is 6.26 Å². The average Bonchev–Trinajstić information content (AvgIpc) is 2.91. The minimum atomic E-state index is -2.94. The molecule has 0 atom stereocenters. The number of sulfone groups is 1. The van der Waals surface area contributed by atoms with Crippen LogP contribution in [-0.2, 0) is 9.84 Å². The first-order valence-corrected chi connectivity index (χ1v) is 10.8. The van der Waals surface area contributed by atoms with Crippen LogP contribution >= 0.6 is 11.3 Å². The molecule has 0 spiro atoms. The maximum atomic E-state index is 12.7. The van der Waals surface area contributed by atoms with Crippen molar-refractivity contribution in [2.24, 2.45) is 0 Å². The minimum absolute atomic E-state index is 0.0188. The van der Waals surface area contributed by atoms with E-state index >= 15 is 0 Å². The summed E-state index contributed by atoms with van der Waals surface area (Å²) in [7, 11) is -2.94. The van der Waals surface area contributed by atoms with Gasteiger partial charge in [0.25, 0.3) is 5.91 Å². The van der Waals surface area contributed by atoms with Crippen LogP contribution in [0.5, 0.6) is 0 Å². The number of hydrogen-bond acceptors (Lipinski definition) is 6. The molecule has 0 unspecified atom stereocenters. The van der Waals surface area contributed by atoms with Gasteiger partial charge in [-0.3, -0.25) is 9.69 Å². The number of rotatable bonds is 4. The van der Waals surface area contributed by atoms with Crippen LogP contribution in [0.15, 0.2) is 18.2 Å². The lowest BCUT2D eigenvalue weighted by Crippen LogP contribution is -2.49. The van der Waals surface area contributed by atoms with E-state index in [0.717, 1.165) is 15.2 Å². The highest BCUT2D eigenvalue weighted by Crippen LogP contribution is 2.23. The van der Waals surface area contributed by atoms with Crippen molar-refractivity contribution in [1.29, 1.82) is 0 Å². The third-order valence-electron chi connectivity index (χ3n) is 4.18. The molecule has 1 aromatic heterocycles. The number of fused-ring (bicyclic) bond motifs is 1. The number of benzene rings is 1. The van der Waals surface area contributed by atoms with Gasteiger partial charge in [0.1, 0.15) is 9.84 Å². The maximum absolute atomic E-state index is 12.7. The molecule has 0 bridgehead atoms. The highest BCUT2D eigenvalue weighted by molar-refractivity contribution is 7.90. The summed E-state index contributed by atoms with van der Waals surface area (Å²) in [6, 6.07) is 5.67. The van der Waals surface area contributed by atoms with Crippen molar-refractivity contribution in [1.82, 2.24) is 14.8 Å². The molecule has 1 aliphatic rings. The Hall–Kier alpha value is -1.51. The van der Waals surface area contributed by atoms with Gasteiger partial charge < -0.3 is 4.90 Å². The van der Waals surface area contributed by atoms with Crippen molar-refractivity contribution in [2.75, 3.05) is 44.7 Å². The number of nitrogens with zero attached hydrogens (tertiary/aromatic N) is 3. The van der Waals surface area contributed by atoms with Crippen LogP contribution < -0.4 is 0 Å². The minimum Gasteiger partial charge on any atom is -0.336 e. The van der Waals surface area contributed by atoms with Crippen LogP contribution in [0.4, 0.5) is 0 Å². The van der Waals surface area contributed by atoms with Gasteiger partial charge in [-0.2, -0.15) is 0 Å². The molecule has 1 fully saturated rings. The first-order valence-electron chi connectivity index (χ1n) is 7.88. The van der Waals surface area contributed by atoms with Gasteiger partial charge in [0.15, 0.2) is 0 Å². The zero-order valence-corrected chi connectivity index (χ0v) is 15.5. The second kappa shape index (κ2) is 6.78. The molecule has 2 heterocycles. The summed E-state index contributed by atoms with van der Waals surface area (Å²) in [6.07, 6.45) is 1.25. The first kappa shape index (κ1) is 17.3. The summed E-state index contributed by atoms with van der Waals surface area (Å²) < 4.78 is 23.6. The topological polar surface area (TPSA) is 70.6 Å². The number of aryl methyl sites for hydroxylation is 1. The SMILES string of the molecule is Cc1nc2cc(C(=O)N3CCN(CCS(C)(=O)=O)CC3)ccc2s1. The third kappa shape index (κ3) is 4.12. The Kier molecular flexibility index (Phi) is 4.89. The van der Waals surface area contributed by atoms with E-state index < -0.39 is 9.84 Å². The number of amides is 1. The quantitative estimate of drug-likeness (QED) is 0.817. The Morgan fingerprint density at radius 3 is 2.62 bits per heavy atom. The third-order valence-corrected chi connectivity index (χ3v) is 6.06. The van der Waals surface area contributed by atoms with Crippen molar-refractivity contribution in [3.8, 4) is 0 Å². The zero-order valence-electron chi connectivity index (χ0n) is 13.9. The van der Waals surface area contributed by atoms with Gasteiger partial charge in [0.05, 0.1) is 21.0 Å². The molecular formula is C16H21N3O3S2. The lowest BCUT2D eigenvalue weighted by molar-refractivity contribution is 0.0644. The molecule has 130 valence electrons. The fourth-order valence-electron chi connectivity index (χ4n) is 2.83. The van der Waals surface area contributed by atoms with E-state index in [4.69, 9.17) is 0 Å². The molecule has 0 radical (unpaired) electrons. The largest absolute Gasteiger partial charge is 0.336 e. The number of piperazine rings is 1. The number of thiazole rings is 1. The predicted molar refractivity (Wildman–Crippen MR) is 96.4 cm³/mol. The van der Waals surface area contributed by atoms with Gasteiger partial charge in [-0.1, -0.05) is 0 Å².